The molecule has 2 heterocycles. The number of nitrogens with zero attached hydrogens (tertiary/aromatic N) is 3. The van der Waals surface area contributed by atoms with E-state index in [4.69, 9.17) is 4.74 Å². The Labute approximate surface area is 164 Å². The predicted molar refractivity (Wildman–Crippen MR) is 109 cm³/mol. The van der Waals surface area contributed by atoms with Crippen molar-refractivity contribution in [2.24, 2.45) is 0 Å². The van der Waals surface area contributed by atoms with Gasteiger partial charge >= 0.3 is 0 Å². The van der Waals surface area contributed by atoms with Gasteiger partial charge in [-0.1, -0.05) is 24.3 Å². The van der Waals surface area contributed by atoms with Crippen LogP contribution in [0.4, 0.5) is 0 Å². The molecule has 1 amide bonds. The molecule has 0 saturated carbocycles. The first kappa shape index (κ1) is 18.5. The lowest BCUT2D eigenvalue weighted by Gasteiger charge is -2.29. The van der Waals surface area contributed by atoms with E-state index in [0.29, 0.717) is 5.56 Å². The topological polar surface area (TPSA) is 67.3 Å². The molecule has 1 aliphatic rings. The van der Waals surface area contributed by atoms with Gasteiger partial charge in [-0.15, -0.1) is 0 Å². The molecular formula is C22H24N4O2. The second-order valence-electron chi connectivity index (χ2n) is 7.11. The molecule has 0 aliphatic carbocycles. The van der Waals surface area contributed by atoms with Crippen molar-refractivity contribution < 1.29 is 9.53 Å². The van der Waals surface area contributed by atoms with Crippen molar-refractivity contribution in [1.82, 2.24) is 20.2 Å². The van der Waals surface area contributed by atoms with Gasteiger partial charge in [0.05, 0.1) is 36.1 Å². The average molecular weight is 376 g/mol. The minimum absolute atomic E-state index is 0.0584. The van der Waals surface area contributed by atoms with Crippen LogP contribution in [0.2, 0.25) is 0 Å². The number of nitrogens with one attached hydrogen (secondary N) is 1. The van der Waals surface area contributed by atoms with E-state index in [2.05, 4.69) is 20.2 Å². The van der Waals surface area contributed by atoms with Crippen molar-refractivity contribution in [2.45, 2.75) is 13.0 Å². The second-order valence-corrected chi connectivity index (χ2v) is 7.11. The number of carbonyl (C=O) groups excluding carboxylic acids is 1. The monoisotopic (exact) mass is 376 g/mol. The molecule has 1 atom stereocenters. The minimum Gasteiger partial charge on any atom is -0.379 e. The van der Waals surface area contributed by atoms with Crippen LogP contribution in [0.1, 0.15) is 17.3 Å². The summed E-state index contributed by atoms with van der Waals surface area (Å²) in [6, 6.07) is 15.4. The smallest absolute Gasteiger partial charge is 0.251 e. The summed E-state index contributed by atoms with van der Waals surface area (Å²) in [5.74, 6) is -0.0584. The van der Waals surface area contributed by atoms with Gasteiger partial charge in [0.1, 0.15) is 0 Å². The van der Waals surface area contributed by atoms with Crippen LogP contribution in [-0.4, -0.2) is 59.7 Å². The fourth-order valence-electron chi connectivity index (χ4n) is 3.41. The number of aromatic nitrogens is 2. The number of amides is 1. The number of fused-ring (bicyclic) bond motifs is 1. The largest absolute Gasteiger partial charge is 0.379 e. The zero-order chi connectivity index (χ0) is 19.3. The number of para-hydroxylation sites is 2. The van der Waals surface area contributed by atoms with Crippen LogP contribution < -0.4 is 5.32 Å². The van der Waals surface area contributed by atoms with Crippen molar-refractivity contribution in [3.8, 4) is 11.3 Å². The highest BCUT2D eigenvalue weighted by Crippen LogP contribution is 2.19. The van der Waals surface area contributed by atoms with Crippen molar-refractivity contribution in [1.29, 1.82) is 0 Å². The molecule has 0 radical (unpaired) electrons. The Hall–Kier alpha value is -2.83. The molecule has 0 spiro atoms. The summed E-state index contributed by atoms with van der Waals surface area (Å²) in [5.41, 5.74) is 4.11. The highest BCUT2D eigenvalue weighted by atomic mass is 16.5. The second kappa shape index (κ2) is 8.46. The molecular weight excluding hydrogens is 352 g/mol. The Bertz CT molecular complexity index is 952. The van der Waals surface area contributed by atoms with Gasteiger partial charge in [0.25, 0.3) is 5.91 Å². The molecule has 0 bridgehead atoms. The average Bonchev–Trinajstić information content (AvgIpc) is 2.74. The Kier molecular flexibility index (Phi) is 5.60. The number of ether oxygens (including phenoxy) is 1. The number of carbonyl (C=O) groups is 1. The van der Waals surface area contributed by atoms with E-state index in [1.54, 1.807) is 6.20 Å². The molecule has 3 aromatic rings. The summed E-state index contributed by atoms with van der Waals surface area (Å²) in [4.78, 5) is 24.0. The van der Waals surface area contributed by atoms with Crippen LogP contribution in [0.3, 0.4) is 0 Å². The first-order chi connectivity index (χ1) is 13.7. The van der Waals surface area contributed by atoms with Gasteiger partial charge in [0.15, 0.2) is 0 Å². The number of benzene rings is 2. The predicted octanol–water partition coefficient (Wildman–Crippen LogP) is 2.75. The number of rotatable bonds is 5. The van der Waals surface area contributed by atoms with E-state index in [0.717, 1.165) is 55.1 Å². The van der Waals surface area contributed by atoms with Crippen LogP contribution in [0.15, 0.2) is 54.7 Å². The van der Waals surface area contributed by atoms with E-state index in [1.165, 1.54) is 0 Å². The molecule has 1 aliphatic heterocycles. The third kappa shape index (κ3) is 4.35. The number of morpholine rings is 1. The lowest BCUT2D eigenvalue weighted by Crippen LogP contribution is -2.46. The van der Waals surface area contributed by atoms with E-state index < -0.39 is 0 Å². The Morgan fingerprint density at radius 2 is 1.82 bits per heavy atom. The fourth-order valence-corrected chi connectivity index (χ4v) is 3.41. The van der Waals surface area contributed by atoms with E-state index in [9.17, 15) is 4.79 Å². The van der Waals surface area contributed by atoms with Crippen LogP contribution >= 0.6 is 0 Å². The molecule has 2 aromatic carbocycles. The molecule has 6 heteroatoms. The molecule has 4 rings (SSSR count). The molecule has 28 heavy (non-hydrogen) atoms. The van der Waals surface area contributed by atoms with Crippen molar-refractivity contribution >= 4 is 16.9 Å². The van der Waals surface area contributed by atoms with Crippen LogP contribution in [-0.2, 0) is 4.74 Å². The summed E-state index contributed by atoms with van der Waals surface area (Å²) < 4.78 is 5.36. The molecule has 1 N–H and O–H groups in total. The van der Waals surface area contributed by atoms with E-state index in [1.807, 2.05) is 55.5 Å². The highest BCUT2D eigenvalue weighted by molar-refractivity contribution is 5.94. The van der Waals surface area contributed by atoms with Crippen molar-refractivity contribution in [3.05, 3.63) is 60.3 Å². The van der Waals surface area contributed by atoms with Gasteiger partial charge in [-0.2, -0.15) is 0 Å². The maximum atomic E-state index is 12.5. The van der Waals surface area contributed by atoms with Gasteiger partial charge in [-0.3, -0.25) is 14.7 Å². The number of hydrogen-bond donors (Lipinski definition) is 1. The first-order valence-corrected chi connectivity index (χ1v) is 9.62. The third-order valence-corrected chi connectivity index (χ3v) is 4.90. The standard InChI is InChI=1S/C22H24N4O2/c1-16(15-26-10-12-28-13-11-26)24-22(27)18-8-6-17(7-9-18)21-14-23-19-4-2-3-5-20(19)25-21/h2-9,14,16H,10-13,15H2,1H3,(H,24,27)/t16-/m1/s1. The van der Waals surface area contributed by atoms with Crippen LogP contribution in [0.5, 0.6) is 0 Å². The van der Waals surface area contributed by atoms with Crippen LogP contribution in [0.25, 0.3) is 22.3 Å². The Morgan fingerprint density at radius 3 is 2.57 bits per heavy atom. The van der Waals surface area contributed by atoms with E-state index >= 15 is 0 Å². The molecule has 144 valence electrons. The highest BCUT2D eigenvalue weighted by Gasteiger charge is 2.16. The van der Waals surface area contributed by atoms with Crippen molar-refractivity contribution in [2.75, 3.05) is 32.8 Å². The summed E-state index contributed by atoms with van der Waals surface area (Å²) in [6.07, 6.45) is 1.77. The quantitative estimate of drug-likeness (QED) is 0.742. The summed E-state index contributed by atoms with van der Waals surface area (Å²) >= 11 is 0. The Morgan fingerprint density at radius 1 is 1.11 bits per heavy atom. The lowest BCUT2D eigenvalue weighted by molar-refractivity contribution is 0.0342. The summed E-state index contributed by atoms with van der Waals surface area (Å²) in [7, 11) is 0. The van der Waals surface area contributed by atoms with Gasteiger partial charge in [-0.25, -0.2) is 4.98 Å². The summed E-state index contributed by atoms with van der Waals surface area (Å²) in [5, 5.41) is 3.08. The van der Waals surface area contributed by atoms with Crippen molar-refractivity contribution in [3.63, 3.8) is 0 Å². The zero-order valence-corrected chi connectivity index (χ0v) is 16.0. The SMILES string of the molecule is C[C@H](CN1CCOCC1)NC(=O)c1ccc(-c2cnc3ccccc3n2)cc1. The number of hydrogen-bond acceptors (Lipinski definition) is 5. The molecule has 6 nitrogen and oxygen atoms in total. The first-order valence-electron chi connectivity index (χ1n) is 9.62. The molecule has 1 aromatic heterocycles. The Balaban J connectivity index is 1.41. The molecule has 0 unspecified atom stereocenters. The molecule has 1 saturated heterocycles. The molecule has 1 fully saturated rings. The maximum Gasteiger partial charge on any atom is 0.251 e. The van der Waals surface area contributed by atoms with Crippen LogP contribution in [0, 0.1) is 0 Å². The normalized spacial score (nSPS) is 16.0. The third-order valence-electron chi connectivity index (χ3n) is 4.90. The van der Waals surface area contributed by atoms with Gasteiger partial charge in [0.2, 0.25) is 0 Å². The van der Waals surface area contributed by atoms with Gasteiger partial charge < -0.3 is 10.1 Å². The fraction of sp³-hybridized carbons (Fsp3) is 0.318. The minimum atomic E-state index is -0.0584. The van der Waals surface area contributed by atoms with Gasteiger partial charge in [-0.05, 0) is 31.2 Å². The maximum absolute atomic E-state index is 12.5. The van der Waals surface area contributed by atoms with E-state index in [-0.39, 0.29) is 11.9 Å². The van der Waals surface area contributed by atoms with Gasteiger partial charge in [0, 0.05) is 36.8 Å². The zero-order valence-electron chi connectivity index (χ0n) is 16.0. The lowest BCUT2D eigenvalue weighted by atomic mass is 10.1. The summed E-state index contributed by atoms with van der Waals surface area (Å²) in [6.45, 7) is 6.23.